The zero-order valence-electron chi connectivity index (χ0n) is 16.1. The van der Waals surface area contributed by atoms with Crippen molar-refractivity contribution in [3.63, 3.8) is 0 Å². The Balaban J connectivity index is 1.40. The normalized spacial score (nSPS) is 10.8. The molecule has 148 valence electrons. The molecule has 5 nitrogen and oxygen atoms in total. The van der Waals surface area contributed by atoms with Crippen molar-refractivity contribution in [2.24, 2.45) is 0 Å². The molecule has 3 aromatic rings. The quantitative estimate of drug-likeness (QED) is 0.476. The molecule has 0 bridgehead atoms. The fraction of sp³-hybridized carbons (Fsp3) is 0.350. The van der Waals surface area contributed by atoms with Gasteiger partial charge in [0.15, 0.2) is 4.34 Å². The average Bonchev–Trinajstić information content (AvgIpc) is 3.39. The first kappa shape index (κ1) is 20.8. The van der Waals surface area contributed by atoms with Gasteiger partial charge in [0.25, 0.3) is 0 Å². The molecule has 0 radical (unpaired) electrons. The van der Waals surface area contributed by atoms with Crippen LogP contribution in [0.5, 0.6) is 0 Å². The number of hydrogen-bond acceptors (Lipinski definition) is 7. The van der Waals surface area contributed by atoms with Gasteiger partial charge in [0.05, 0.1) is 5.75 Å². The van der Waals surface area contributed by atoms with Crippen molar-refractivity contribution in [3.8, 4) is 0 Å². The number of aryl methyl sites for hydroxylation is 1. The summed E-state index contributed by atoms with van der Waals surface area (Å²) in [4.78, 5) is 15.5. The van der Waals surface area contributed by atoms with E-state index in [9.17, 15) is 4.79 Å². The van der Waals surface area contributed by atoms with Crippen LogP contribution in [0.2, 0.25) is 0 Å². The van der Waals surface area contributed by atoms with Gasteiger partial charge in [-0.1, -0.05) is 60.4 Å². The Morgan fingerprint density at radius 1 is 1.18 bits per heavy atom. The highest BCUT2D eigenvalue weighted by atomic mass is 32.2. The first-order valence-corrected chi connectivity index (χ1v) is 11.9. The number of thiophene rings is 1. The molecular weight excluding hydrogens is 408 g/mol. The summed E-state index contributed by atoms with van der Waals surface area (Å²) in [7, 11) is 1.84. The van der Waals surface area contributed by atoms with Gasteiger partial charge in [0, 0.05) is 25.0 Å². The van der Waals surface area contributed by atoms with Crippen molar-refractivity contribution in [2.45, 2.75) is 30.6 Å². The lowest BCUT2D eigenvalue weighted by atomic mass is 10.1. The average molecular weight is 433 g/mol. The molecule has 3 rings (SSSR count). The lowest BCUT2D eigenvalue weighted by Crippen LogP contribution is -2.27. The fourth-order valence-electron chi connectivity index (χ4n) is 2.56. The number of aromatic nitrogens is 2. The molecular formula is C20H24N4OS3. The van der Waals surface area contributed by atoms with E-state index in [1.807, 2.05) is 7.05 Å². The number of rotatable bonds is 10. The first-order valence-electron chi connectivity index (χ1n) is 9.18. The number of benzene rings is 1. The first-order chi connectivity index (χ1) is 13.6. The van der Waals surface area contributed by atoms with E-state index in [0.717, 1.165) is 34.4 Å². The number of thioether (sulfide) groups is 1. The van der Waals surface area contributed by atoms with Crippen LogP contribution in [0.15, 0.2) is 46.1 Å². The highest BCUT2D eigenvalue weighted by Crippen LogP contribution is 2.25. The van der Waals surface area contributed by atoms with E-state index in [2.05, 4.69) is 64.2 Å². The number of anilines is 1. The molecule has 28 heavy (non-hydrogen) atoms. The number of carbonyl (C=O) groups excluding carboxylic acids is 1. The Labute approximate surface area is 178 Å². The van der Waals surface area contributed by atoms with Gasteiger partial charge in [-0.2, -0.15) is 0 Å². The number of amides is 1. The SMILES string of the molecule is CCc1ccc(CN(C)C(=O)CSc2nnc(NCCc3cccs3)s2)cc1. The van der Waals surface area contributed by atoms with Gasteiger partial charge in [0.2, 0.25) is 11.0 Å². The summed E-state index contributed by atoms with van der Waals surface area (Å²) in [5.74, 6) is 0.458. The molecule has 2 heterocycles. The molecule has 0 aliphatic rings. The maximum atomic E-state index is 12.4. The fourth-order valence-corrected chi connectivity index (χ4v) is 4.99. The Morgan fingerprint density at radius 2 is 1.96 bits per heavy atom. The minimum absolute atomic E-state index is 0.0898. The molecule has 1 N–H and O–H groups in total. The highest BCUT2D eigenvalue weighted by molar-refractivity contribution is 8.01. The van der Waals surface area contributed by atoms with E-state index in [-0.39, 0.29) is 5.91 Å². The van der Waals surface area contributed by atoms with Crippen LogP contribution in [-0.2, 0) is 24.2 Å². The monoisotopic (exact) mass is 432 g/mol. The summed E-state index contributed by atoms with van der Waals surface area (Å²) < 4.78 is 0.813. The molecule has 0 fully saturated rings. The number of carbonyl (C=O) groups is 1. The zero-order valence-corrected chi connectivity index (χ0v) is 18.5. The maximum Gasteiger partial charge on any atom is 0.233 e. The van der Waals surface area contributed by atoms with E-state index in [1.165, 1.54) is 33.5 Å². The van der Waals surface area contributed by atoms with Crippen molar-refractivity contribution in [1.29, 1.82) is 0 Å². The van der Waals surface area contributed by atoms with E-state index in [4.69, 9.17) is 0 Å². The van der Waals surface area contributed by atoms with Crippen LogP contribution in [0.4, 0.5) is 5.13 Å². The summed E-state index contributed by atoms with van der Waals surface area (Å²) in [6, 6.07) is 12.6. The third-order valence-corrected chi connectivity index (χ3v) is 7.17. The second-order valence-electron chi connectivity index (χ2n) is 6.34. The van der Waals surface area contributed by atoms with Crippen molar-refractivity contribution < 1.29 is 4.79 Å². The summed E-state index contributed by atoms with van der Waals surface area (Å²) in [5, 5.41) is 14.5. The molecule has 0 aliphatic carbocycles. The number of nitrogens with one attached hydrogen (secondary N) is 1. The minimum atomic E-state index is 0.0898. The molecule has 8 heteroatoms. The molecule has 0 spiro atoms. The molecule has 0 atom stereocenters. The van der Waals surface area contributed by atoms with Gasteiger partial charge in [-0.15, -0.1) is 21.5 Å². The van der Waals surface area contributed by atoms with Crippen molar-refractivity contribution in [1.82, 2.24) is 15.1 Å². The lowest BCUT2D eigenvalue weighted by molar-refractivity contribution is -0.127. The van der Waals surface area contributed by atoms with E-state index >= 15 is 0 Å². The van der Waals surface area contributed by atoms with Crippen LogP contribution in [-0.4, -0.2) is 40.3 Å². The molecule has 1 aromatic carbocycles. The lowest BCUT2D eigenvalue weighted by Gasteiger charge is -2.17. The van der Waals surface area contributed by atoms with Gasteiger partial charge in [-0.3, -0.25) is 4.79 Å². The maximum absolute atomic E-state index is 12.4. The smallest absolute Gasteiger partial charge is 0.233 e. The van der Waals surface area contributed by atoms with Gasteiger partial charge < -0.3 is 10.2 Å². The molecule has 2 aromatic heterocycles. The third-order valence-electron chi connectivity index (χ3n) is 4.23. The topological polar surface area (TPSA) is 58.1 Å². The number of nitrogens with zero attached hydrogens (tertiary/aromatic N) is 3. The largest absolute Gasteiger partial charge is 0.360 e. The summed E-state index contributed by atoms with van der Waals surface area (Å²) in [5.41, 5.74) is 2.45. The standard InChI is InChI=1S/C20H24N4OS3/c1-3-15-6-8-16(9-7-15)13-24(2)18(25)14-27-20-23-22-19(28-20)21-11-10-17-5-4-12-26-17/h4-9,12H,3,10-11,13-14H2,1-2H3,(H,21,22). The Morgan fingerprint density at radius 3 is 2.68 bits per heavy atom. The summed E-state index contributed by atoms with van der Waals surface area (Å²) in [6.45, 7) is 3.59. The van der Waals surface area contributed by atoms with Crippen molar-refractivity contribution >= 4 is 45.5 Å². The van der Waals surface area contributed by atoms with Crippen molar-refractivity contribution in [3.05, 3.63) is 57.8 Å². The predicted molar refractivity (Wildman–Crippen MR) is 119 cm³/mol. The molecule has 0 saturated heterocycles. The van der Waals surface area contributed by atoms with Crippen LogP contribution < -0.4 is 5.32 Å². The van der Waals surface area contributed by atoms with E-state index in [0.29, 0.717) is 12.3 Å². The summed E-state index contributed by atoms with van der Waals surface area (Å²) in [6.07, 6.45) is 2.00. The Kier molecular flexibility index (Phi) is 7.88. The number of hydrogen-bond donors (Lipinski definition) is 1. The molecule has 0 saturated carbocycles. The molecule has 0 aliphatic heterocycles. The van der Waals surface area contributed by atoms with Crippen molar-refractivity contribution in [2.75, 3.05) is 24.7 Å². The molecule has 1 amide bonds. The van der Waals surface area contributed by atoms with Gasteiger partial charge in [0.1, 0.15) is 0 Å². The third kappa shape index (κ3) is 6.32. The molecule has 0 unspecified atom stereocenters. The van der Waals surface area contributed by atoms with Crippen LogP contribution >= 0.6 is 34.4 Å². The van der Waals surface area contributed by atoms with Gasteiger partial charge in [-0.25, -0.2) is 0 Å². The predicted octanol–water partition coefficient (Wildman–Crippen LogP) is 4.57. The van der Waals surface area contributed by atoms with Crippen LogP contribution in [0.3, 0.4) is 0 Å². The van der Waals surface area contributed by atoms with E-state index < -0.39 is 0 Å². The zero-order chi connectivity index (χ0) is 19.8. The van der Waals surface area contributed by atoms with Gasteiger partial charge in [-0.05, 0) is 35.4 Å². The van der Waals surface area contributed by atoms with Crippen LogP contribution in [0, 0.1) is 0 Å². The second-order valence-corrected chi connectivity index (χ2v) is 9.57. The Bertz CT molecular complexity index is 862. The summed E-state index contributed by atoms with van der Waals surface area (Å²) >= 11 is 4.70. The van der Waals surface area contributed by atoms with Gasteiger partial charge >= 0.3 is 0 Å². The highest BCUT2D eigenvalue weighted by Gasteiger charge is 2.12. The Hall–Kier alpha value is -1.90. The second kappa shape index (κ2) is 10.6. The minimum Gasteiger partial charge on any atom is -0.360 e. The van der Waals surface area contributed by atoms with Crippen LogP contribution in [0.1, 0.15) is 22.9 Å². The van der Waals surface area contributed by atoms with E-state index in [1.54, 1.807) is 16.2 Å². The van der Waals surface area contributed by atoms with Crippen LogP contribution in [0.25, 0.3) is 0 Å².